The quantitative estimate of drug-likeness (QED) is 0.583. The normalized spacial score (nSPS) is 18.7. The Kier molecular flexibility index (Phi) is 6.53. The SMILES string of the molecule is CC(Oc1ccccc1)OC1(OC(C)Oc2ccccc2)CCCCC1. The van der Waals surface area contributed by atoms with Crippen LogP contribution in [0.3, 0.4) is 0 Å². The van der Waals surface area contributed by atoms with E-state index in [9.17, 15) is 0 Å². The molecule has 1 aliphatic carbocycles. The molecule has 0 spiro atoms. The summed E-state index contributed by atoms with van der Waals surface area (Å²) in [5.74, 6) is 0.916. The molecule has 0 amide bonds. The summed E-state index contributed by atoms with van der Waals surface area (Å²) in [4.78, 5) is 0. The average Bonchev–Trinajstić information content (AvgIpc) is 2.63. The Morgan fingerprint density at radius 2 is 1.08 bits per heavy atom. The van der Waals surface area contributed by atoms with Crippen LogP contribution in [0.25, 0.3) is 0 Å². The summed E-state index contributed by atoms with van der Waals surface area (Å²) >= 11 is 0. The van der Waals surface area contributed by atoms with Gasteiger partial charge in [-0.05, 0) is 51.0 Å². The van der Waals surface area contributed by atoms with E-state index in [0.717, 1.165) is 37.2 Å². The van der Waals surface area contributed by atoms with Crippen LogP contribution in [0, 0.1) is 0 Å². The molecular formula is C22H28O4. The van der Waals surface area contributed by atoms with Crippen molar-refractivity contribution >= 4 is 0 Å². The minimum absolute atomic E-state index is 0.403. The van der Waals surface area contributed by atoms with Gasteiger partial charge in [0.15, 0.2) is 18.4 Å². The molecule has 2 aromatic carbocycles. The van der Waals surface area contributed by atoms with Gasteiger partial charge in [0.05, 0.1) is 0 Å². The predicted octanol–water partition coefficient (Wildman–Crippen LogP) is 5.53. The highest BCUT2D eigenvalue weighted by molar-refractivity contribution is 5.21. The van der Waals surface area contributed by atoms with Gasteiger partial charge >= 0.3 is 0 Å². The van der Waals surface area contributed by atoms with E-state index in [4.69, 9.17) is 18.9 Å². The zero-order valence-corrected chi connectivity index (χ0v) is 15.6. The van der Waals surface area contributed by atoms with E-state index < -0.39 is 18.4 Å². The lowest BCUT2D eigenvalue weighted by Crippen LogP contribution is -2.45. The molecule has 0 aliphatic heterocycles. The van der Waals surface area contributed by atoms with Crippen LogP contribution < -0.4 is 9.47 Å². The van der Waals surface area contributed by atoms with Gasteiger partial charge in [-0.15, -0.1) is 0 Å². The van der Waals surface area contributed by atoms with Crippen molar-refractivity contribution < 1.29 is 18.9 Å². The Bertz CT molecular complexity index is 586. The van der Waals surface area contributed by atoms with Gasteiger partial charge in [0, 0.05) is 12.8 Å². The van der Waals surface area contributed by atoms with E-state index in [0.29, 0.717) is 0 Å². The molecule has 0 heterocycles. The van der Waals surface area contributed by atoms with Gasteiger partial charge in [0.25, 0.3) is 0 Å². The first-order valence-electron chi connectivity index (χ1n) is 9.44. The lowest BCUT2D eigenvalue weighted by atomic mass is 9.94. The molecule has 26 heavy (non-hydrogen) atoms. The Labute approximate surface area is 156 Å². The van der Waals surface area contributed by atoms with Crippen LogP contribution in [0.4, 0.5) is 0 Å². The Morgan fingerprint density at radius 3 is 1.50 bits per heavy atom. The molecule has 0 bridgehead atoms. The maximum Gasteiger partial charge on any atom is 0.200 e. The van der Waals surface area contributed by atoms with Gasteiger partial charge in [-0.1, -0.05) is 42.8 Å². The van der Waals surface area contributed by atoms with Crippen molar-refractivity contribution in [3.63, 3.8) is 0 Å². The molecule has 0 aromatic heterocycles. The summed E-state index contributed by atoms with van der Waals surface area (Å²) in [6, 6.07) is 19.4. The molecule has 0 radical (unpaired) electrons. The molecule has 0 N–H and O–H groups in total. The Morgan fingerprint density at radius 1 is 0.654 bits per heavy atom. The highest BCUT2D eigenvalue weighted by Crippen LogP contribution is 2.35. The van der Waals surface area contributed by atoms with Crippen molar-refractivity contribution in [3.8, 4) is 11.5 Å². The molecule has 2 unspecified atom stereocenters. The van der Waals surface area contributed by atoms with Gasteiger partial charge in [-0.2, -0.15) is 0 Å². The van der Waals surface area contributed by atoms with Gasteiger partial charge in [0.2, 0.25) is 0 Å². The molecule has 3 rings (SSSR count). The fourth-order valence-electron chi connectivity index (χ4n) is 3.39. The maximum absolute atomic E-state index is 6.27. The number of rotatable bonds is 8. The van der Waals surface area contributed by atoms with E-state index in [1.54, 1.807) is 0 Å². The van der Waals surface area contributed by atoms with Gasteiger partial charge < -0.3 is 18.9 Å². The van der Waals surface area contributed by atoms with Crippen molar-refractivity contribution in [3.05, 3.63) is 60.7 Å². The predicted molar refractivity (Wildman–Crippen MR) is 101 cm³/mol. The Balaban J connectivity index is 1.62. The van der Waals surface area contributed by atoms with Crippen LogP contribution >= 0.6 is 0 Å². The summed E-state index contributed by atoms with van der Waals surface area (Å²) < 4.78 is 24.3. The van der Waals surface area contributed by atoms with Gasteiger partial charge in [-0.3, -0.25) is 0 Å². The smallest absolute Gasteiger partial charge is 0.200 e. The number of hydrogen-bond donors (Lipinski definition) is 0. The summed E-state index contributed by atoms with van der Waals surface area (Å²) in [7, 11) is 0. The molecule has 1 aliphatic rings. The molecule has 1 fully saturated rings. The molecule has 2 atom stereocenters. The Hall–Kier alpha value is -2.04. The topological polar surface area (TPSA) is 36.9 Å². The standard InChI is InChI=1S/C22H28O4/c1-18(23-20-12-6-3-7-13-20)25-22(16-10-5-11-17-22)26-19(2)24-21-14-8-4-9-15-21/h3-4,6-9,12-15,18-19H,5,10-11,16-17H2,1-2H3. The monoisotopic (exact) mass is 356 g/mol. The van der Waals surface area contributed by atoms with E-state index in [1.807, 2.05) is 74.5 Å². The third kappa shape index (κ3) is 5.48. The third-order valence-corrected chi connectivity index (χ3v) is 4.47. The first-order valence-corrected chi connectivity index (χ1v) is 9.44. The second-order valence-electron chi connectivity index (χ2n) is 6.70. The van der Waals surface area contributed by atoms with Crippen LogP contribution in [0.2, 0.25) is 0 Å². The van der Waals surface area contributed by atoms with Gasteiger partial charge in [-0.25, -0.2) is 0 Å². The maximum atomic E-state index is 6.27. The summed E-state index contributed by atoms with van der Waals surface area (Å²) in [5.41, 5.74) is 0. The van der Waals surface area contributed by atoms with Crippen LogP contribution in [0.1, 0.15) is 46.0 Å². The first kappa shape index (κ1) is 18.7. The van der Waals surface area contributed by atoms with E-state index in [1.165, 1.54) is 6.42 Å². The second-order valence-corrected chi connectivity index (χ2v) is 6.70. The van der Waals surface area contributed by atoms with Crippen molar-refractivity contribution in [2.75, 3.05) is 0 Å². The van der Waals surface area contributed by atoms with E-state index >= 15 is 0 Å². The van der Waals surface area contributed by atoms with Crippen molar-refractivity contribution in [2.24, 2.45) is 0 Å². The zero-order chi connectivity index (χ0) is 18.2. The average molecular weight is 356 g/mol. The molecular weight excluding hydrogens is 328 g/mol. The fourth-order valence-corrected chi connectivity index (χ4v) is 3.39. The molecule has 0 saturated heterocycles. The van der Waals surface area contributed by atoms with E-state index in [-0.39, 0.29) is 0 Å². The summed E-state index contributed by atoms with van der Waals surface area (Å²) in [6.07, 6.45) is 4.25. The van der Waals surface area contributed by atoms with Gasteiger partial charge in [0.1, 0.15) is 11.5 Å². The number of benzene rings is 2. The molecule has 140 valence electrons. The molecule has 1 saturated carbocycles. The minimum atomic E-state index is -0.666. The fraction of sp³-hybridized carbons (Fsp3) is 0.455. The molecule has 2 aromatic rings. The van der Waals surface area contributed by atoms with Crippen LogP contribution in [0.15, 0.2) is 60.7 Å². The first-order chi connectivity index (χ1) is 12.7. The summed E-state index contributed by atoms with van der Waals surface area (Å²) in [6.45, 7) is 3.82. The molecule has 4 nitrogen and oxygen atoms in total. The lowest BCUT2D eigenvalue weighted by molar-refractivity contribution is -0.334. The van der Waals surface area contributed by atoms with Crippen molar-refractivity contribution in [1.82, 2.24) is 0 Å². The van der Waals surface area contributed by atoms with Crippen LogP contribution in [-0.2, 0) is 9.47 Å². The van der Waals surface area contributed by atoms with Crippen LogP contribution in [0.5, 0.6) is 11.5 Å². The van der Waals surface area contributed by atoms with Crippen molar-refractivity contribution in [2.45, 2.75) is 64.3 Å². The number of hydrogen-bond acceptors (Lipinski definition) is 4. The molecule has 4 heteroatoms. The second kappa shape index (κ2) is 9.06. The highest BCUT2D eigenvalue weighted by atomic mass is 16.8. The lowest BCUT2D eigenvalue weighted by Gasteiger charge is -2.40. The third-order valence-electron chi connectivity index (χ3n) is 4.47. The summed E-state index contributed by atoms with van der Waals surface area (Å²) in [5, 5.41) is 0. The van der Waals surface area contributed by atoms with Crippen LogP contribution in [-0.4, -0.2) is 18.4 Å². The van der Waals surface area contributed by atoms with E-state index in [2.05, 4.69) is 0 Å². The minimum Gasteiger partial charge on any atom is -0.465 e. The van der Waals surface area contributed by atoms with Crippen molar-refractivity contribution in [1.29, 1.82) is 0 Å². The number of ether oxygens (including phenoxy) is 4. The highest BCUT2D eigenvalue weighted by Gasteiger charge is 2.38. The zero-order valence-electron chi connectivity index (χ0n) is 15.6. The number of para-hydroxylation sites is 2. The largest absolute Gasteiger partial charge is 0.465 e.